The monoisotopic (exact) mass is 607 g/mol. The molecule has 1 amide bonds. The van der Waals surface area contributed by atoms with Gasteiger partial charge in [-0.15, -0.1) is 18.4 Å². The number of hydrogen-bond acceptors (Lipinski definition) is 6. The third-order valence-corrected chi connectivity index (χ3v) is 10.6. The molecule has 5 rings (SSSR count). The van der Waals surface area contributed by atoms with Gasteiger partial charge in [-0.25, -0.2) is 0 Å². The molecule has 8 heteroatoms. The SMILES string of the molecule is C=C[C@H](O)[C@@H]1CC[C@H]1CN1C[C@@]2(CCCc3cc(Cl)ccc32)COc2ccc(C(=O)N=[S-](=O)C[C@@H](C)CC#CC)cc21. The van der Waals surface area contributed by atoms with E-state index in [1.165, 1.54) is 11.1 Å². The van der Waals surface area contributed by atoms with Crippen LogP contribution in [0.25, 0.3) is 0 Å². The Morgan fingerprint density at radius 3 is 2.90 bits per heavy atom. The Balaban J connectivity index is 1.47. The maximum atomic E-state index is 13.2. The van der Waals surface area contributed by atoms with Crippen LogP contribution in [0.15, 0.2) is 53.4 Å². The number of ether oxygens (including phenoxy) is 1. The van der Waals surface area contributed by atoms with Crippen LogP contribution in [-0.4, -0.2) is 42.6 Å². The first kappa shape index (κ1) is 30.7. The molecule has 1 saturated carbocycles. The molecule has 1 heterocycles. The van der Waals surface area contributed by atoms with Gasteiger partial charge < -0.3 is 23.3 Å². The van der Waals surface area contributed by atoms with E-state index in [4.69, 9.17) is 16.3 Å². The molecule has 42 heavy (non-hydrogen) atoms. The summed E-state index contributed by atoms with van der Waals surface area (Å²) in [4.78, 5) is 15.5. The number of benzene rings is 2. The number of aryl methyl sites for hydroxylation is 1. The standard InChI is InChI=1S/C34H40ClN2O4S/c1-4-6-8-23(3)20-42(40)36-33(39)25-11-15-32-30(18-25)37(19-26-10-13-28(26)31(38)5-2)21-34(22-41-32)16-7-9-24-17-27(35)12-14-29(24)34/h5,11-12,14-15,17-18,23,26,28,31,38H,2,7-10,13,16,19-22H2,1,3H3/q-1/t23-,26-,28+,31-,34-/m0/s1. The van der Waals surface area contributed by atoms with Crippen LogP contribution in [0.1, 0.15) is 67.4 Å². The summed E-state index contributed by atoms with van der Waals surface area (Å²) in [5.41, 5.74) is 3.53. The molecule has 1 fully saturated rings. The van der Waals surface area contributed by atoms with E-state index < -0.39 is 22.6 Å². The molecule has 0 unspecified atom stereocenters. The largest absolute Gasteiger partial charge is 0.490 e. The Morgan fingerprint density at radius 2 is 2.17 bits per heavy atom. The lowest BCUT2D eigenvalue weighted by Gasteiger charge is -2.45. The number of carbonyl (C=O) groups excluding carboxylic acids is 1. The summed E-state index contributed by atoms with van der Waals surface area (Å²) in [5, 5.41) is 11.3. The zero-order chi connectivity index (χ0) is 29.9. The van der Waals surface area contributed by atoms with E-state index in [-0.39, 0.29) is 17.3 Å². The van der Waals surface area contributed by atoms with Gasteiger partial charge in [-0.1, -0.05) is 36.4 Å². The van der Waals surface area contributed by atoms with Gasteiger partial charge in [0.2, 0.25) is 0 Å². The minimum atomic E-state index is -1.63. The van der Waals surface area contributed by atoms with Crippen LogP contribution in [0.2, 0.25) is 5.02 Å². The van der Waals surface area contributed by atoms with Crippen LogP contribution < -0.4 is 9.64 Å². The average molecular weight is 608 g/mol. The first-order chi connectivity index (χ1) is 20.2. The van der Waals surface area contributed by atoms with Crippen molar-refractivity contribution in [1.29, 1.82) is 0 Å². The number of nitrogens with zero attached hydrogens (tertiary/aromatic N) is 2. The number of aliphatic hydroxyl groups is 1. The number of halogens is 1. The van der Waals surface area contributed by atoms with Gasteiger partial charge in [-0.2, -0.15) is 10.6 Å². The van der Waals surface area contributed by atoms with Crippen LogP contribution in [0.5, 0.6) is 5.75 Å². The molecule has 0 saturated heterocycles. The highest BCUT2D eigenvalue weighted by Gasteiger charge is 2.44. The van der Waals surface area contributed by atoms with Gasteiger partial charge >= 0.3 is 0 Å². The molecule has 1 aliphatic heterocycles. The highest BCUT2D eigenvalue weighted by atomic mass is 35.5. The molecule has 2 aromatic carbocycles. The van der Waals surface area contributed by atoms with E-state index >= 15 is 0 Å². The number of anilines is 1. The molecule has 0 bridgehead atoms. The number of hydrogen-bond donors (Lipinski definition) is 1. The van der Waals surface area contributed by atoms with E-state index in [0.29, 0.717) is 30.3 Å². The third kappa shape index (κ3) is 6.56. The Labute approximate surface area is 256 Å². The highest BCUT2D eigenvalue weighted by molar-refractivity contribution is 7.75. The lowest BCUT2D eigenvalue weighted by molar-refractivity contribution is 0.0460. The predicted molar refractivity (Wildman–Crippen MR) is 170 cm³/mol. The van der Waals surface area contributed by atoms with Crippen molar-refractivity contribution in [3.63, 3.8) is 0 Å². The van der Waals surface area contributed by atoms with Gasteiger partial charge in [0.15, 0.2) is 0 Å². The van der Waals surface area contributed by atoms with Crippen LogP contribution in [0.4, 0.5) is 5.69 Å². The third-order valence-electron chi connectivity index (χ3n) is 9.13. The molecular weight excluding hydrogens is 568 g/mol. The summed E-state index contributed by atoms with van der Waals surface area (Å²) in [7, 11) is -1.63. The fourth-order valence-electron chi connectivity index (χ4n) is 6.74. The van der Waals surface area contributed by atoms with Crippen molar-refractivity contribution in [3.05, 3.63) is 70.8 Å². The maximum absolute atomic E-state index is 13.2. The topological polar surface area (TPSA) is 79.2 Å². The second-order valence-corrected chi connectivity index (χ2v) is 13.7. The Kier molecular flexibility index (Phi) is 9.67. The molecule has 0 radical (unpaired) electrons. The summed E-state index contributed by atoms with van der Waals surface area (Å²) in [6, 6.07) is 11.6. The van der Waals surface area contributed by atoms with Crippen molar-refractivity contribution in [3.8, 4) is 17.6 Å². The van der Waals surface area contributed by atoms with Gasteiger partial charge in [-0.05, 0) is 98.2 Å². The molecule has 6 nitrogen and oxygen atoms in total. The maximum Gasteiger partial charge on any atom is 0.254 e. The summed E-state index contributed by atoms with van der Waals surface area (Å²) in [6.07, 6.45) is 6.72. The van der Waals surface area contributed by atoms with Crippen molar-refractivity contribution in [2.75, 3.05) is 30.3 Å². The second-order valence-electron chi connectivity index (χ2n) is 12.1. The van der Waals surface area contributed by atoms with E-state index in [0.717, 1.165) is 61.7 Å². The molecule has 0 aromatic heterocycles. The molecule has 1 spiro atoms. The van der Waals surface area contributed by atoms with Crippen molar-refractivity contribution >= 4 is 33.8 Å². The molecule has 5 atom stereocenters. The zero-order valence-corrected chi connectivity index (χ0v) is 26.1. The van der Waals surface area contributed by atoms with Crippen LogP contribution in [0.3, 0.4) is 0 Å². The van der Waals surface area contributed by atoms with Crippen LogP contribution in [-0.2, 0) is 26.6 Å². The average Bonchev–Trinajstić information content (AvgIpc) is 3.10. The van der Waals surface area contributed by atoms with Gasteiger partial charge in [0.1, 0.15) is 5.75 Å². The van der Waals surface area contributed by atoms with Gasteiger partial charge in [0.05, 0.1) is 18.4 Å². The minimum Gasteiger partial charge on any atom is -0.490 e. The predicted octanol–water partition coefficient (Wildman–Crippen LogP) is 6.72. The summed E-state index contributed by atoms with van der Waals surface area (Å²) in [5.74, 6) is 6.90. The summed E-state index contributed by atoms with van der Waals surface area (Å²) in [6.45, 7) is 9.52. The Hall–Kier alpha value is -2.79. The molecule has 1 N–H and O–H groups in total. The van der Waals surface area contributed by atoms with Gasteiger partial charge in [0, 0.05) is 35.5 Å². The van der Waals surface area contributed by atoms with Crippen LogP contribution in [0, 0.1) is 29.6 Å². The van der Waals surface area contributed by atoms with Crippen molar-refractivity contribution < 1.29 is 18.8 Å². The van der Waals surface area contributed by atoms with Gasteiger partial charge in [-0.3, -0.25) is 4.79 Å². The summed E-state index contributed by atoms with van der Waals surface area (Å²) < 4.78 is 23.2. The van der Waals surface area contributed by atoms with Crippen molar-refractivity contribution in [2.45, 2.75) is 63.9 Å². The lowest BCUT2D eigenvalue weighted by atomic mass is 9.68. The van der Waals surface area contributed by atoms with Gasteiger partial charge in [0.25, 0.3) is 5.91 Å². The van der Waals surface area contributed by atoms with E-state index in [9.17, 15) is 14.1 Å². The first-order valence-corrected chi connectivity index (χ1v) is 16.5. The number of rotatable bonds is 8. The minimum absolute atomic E-state index is 0.0801. The molecule has 2 aromatic rings. The van der Waals surface area contributed by atoms with Crippen molar-refractivity contribution in [2.24, 2.45) is 22.1 Å². The zero-order valence-electron chi connectivity index (χ0n) is 24.5. The first-order valence-electron chi connectivity index (χ1n) is 14.9. The number of aliphatic hydroxyl groups excluding tert-OH is 1. The fourth-order valence-corrected chi connectivity index (χ4v) is 7.90. The normalized spacial score (nSPS) is 25.0. The lowest BCUT2D eigenvalue weighted by Crippen LogP contribution is -2.49. The Bertz CT molecular complexity index is 1490. The molecular formula is C34H40ClN2O4S-. The Morgan fingerprint density at radius 1 is 1.33 bits per heavy atom. The second kappa shape index (κ2) is 13.2. The number of carbonyl (C=O) groups is 1. The molecule has 224 valence electrons. The van der Waals surface area contributed by atoms with Crippen molar-refractivity contribution in [1.82, 2.24) is 0 Å². The fraction of sp³-hybridized carbons (Fsp3) is 0.500. The molecule has 2 aliphatic carbocycles. The number of fused-ring (bicyclic) bond motifs is 3. The van der Waals surface area contributed by atoms with E-state index in [1.807, 2.05) is 25.1 Å². The van der Waals surface area contributed by atoms with E-state index in [1.54, 1.807) is 19.1 Å². The van der Waals surface area contributed by atoms with Crippen LogP contribution >= 0.6 is 11.6 Å². The highest BCUT2D eigenvalue weighted by Crippen LogP contribution is 2.46. The smallest absolute Gasteiger partial charge is 0.254 e. The number of amides is 1. The quantitative estimate of drug-likeness (QED) is 0.205. The molecule has 3 aliphatic rings. The summed E-state index contributed by atoms with van der Waals surface area (Å²) >= 11 is 6.38. The van der Waals surface area contributed by atoms with E-state index in [2.05, 4.69) is 39.8 Å².